The van der Waals surface area contributed by atoms with Crippen LogP contribution < -0.4 is 10.6 Å². The maximum Gasteiger partial charge on any atom is 0.335 e. The summed E-state index contributed by atoms with van der Waals surface area (Å²) in [6.07, 6.45) is 4.97. The predicted octanol–water partition coefficient (Wildman–Crippen LogP) is 4.95. The molecule has 7 heteroatoms. The summed E-state index contributed by atoms with van der Waals surface area (Å²) in [5.41, 5.74) is 4.31. The van der Waals surface area contributed by atoms with Gasteiger partial charge in [-0.3, -0.25) is 9.59 Å². The molecule has 1 atom stereocenters. The second kappa shape index (κ2) is 8.67. The fraction of sp³-hybridized carbons (Fsp3) is 0.192. The van der Waals surface area contributed by atoms with Gasteiger partial charge in [0.25, 0.3) is 11.8 Å². The first-order valence-corrected chi connectivity index (χ1v) is 11.7. The molecule has 0 spiro atoms. The maximum absolute atomic E-state index is 13.2. The summed E-state index contributed by atoms with van der Waals surface area (Å²) in [6, 6.07) is 15.7. The summed E-state index contributed by atoms with van der Waals surface area (Å²) in [6.45, 7) is 0.500. The number of hydrogen-bond acceptors (Lipinski definition) is 4. The second-order valence-electron chi connectivity index (χ2n) is 8.16. The zero-order chi connectivity index (χ0) is 22.9. The zero-order valence-corrected chi connectivity index (χ0v) is 18.6. The van der Waals surface area contributed by atoms with Crippen LogP contribution in [0.2, 0.25) is 0 Å². The number of hydrogen-bond donors (Lipinski definition) is 3. The van der Waals surface area contributed by atoms with Crippen LogP contribution in [-0.4, -0.2) is 29.4 Å². The van der Waals surface area contributed by atoms with Gasteiger partial charge in [0.05, 0.1) is 11.1 Å². The highest BCUT2D eigenvalue weighted by molar-refractivity contribution is 7.17. The fourth-order valence-corrected chi connectivity index (χ4v) is 5.82. The molecule has 0 fully saturated rings. The summed E-state index contributed by atoms with van der Waals surface area (Å²) in [5.74, 6) is -1.24. The van der Waals surface area contributed by atoms with E-state index < -0.39 is 5.97 Å². The van der Waals surface area contributed by atoms with E-state index in [1.165, 1.54) is 41.2 Å². The number of carboxylic acid groups (broad SMARTS) is 1. The van der Waals surface area contributed by atoms with Gasteiger partial charge < -0.3 is 15.7 Å². The number of carboxylic acids is 1. The van der Waals surface area contributed by atoms with Crippen LogP contribution in [0.3, 0.4) is 0 Å². The summed E-state index contributed by atoms with van der Waals surface area (Å²) >= 11 is 1.47. The van der Waals surface area contributed by atoms with Crippen LogP contribution in [0.25, 0.3) is 5.57 Å². The summed E-state index contributed by atoms with van der Waals surface area (Å²) < 4.78 is 0. The third kappa shape index (κ3) is 3.96. The number of allylic oxidation sites excluding steroid dienone is 2. The van der Waals surface area contributed by atoms with Crippen molar-refractivity contribution in [3.8, 4) is 0 Å². The number of fused-ring (bicyclic) bond motifs is 4. The molecule has 33 heavy (non-hydrogen) atoms. The van der Waals surface area contributed by atoms with Crippen LogP contribution >= 0.6 is 11.3 Å². The smallest absolute Gasteiger partial charge is 0.335 e. The van der Waals surface area contributed by atoms with Crippen molar-refractivity contribution in [3.05, 3.63) is 93.4 Å². The molecule has 0 saturated heterocycles. The lowest BCUT2D eigenvalue weighted by molar-refractivity contribution is 0.0696. The number of carbonyl (C=O) groups is 3. The summed E-state index contributed by atoms with van der Waals surface area (Å²) in [7, 11) is 0. The van der Waals surface area contributed by atoms with Gasteiger partial charge in [0, 0.05) is 28.5 Å². The van der Waals surface area contributed by atoms with Crippen molar-refractivity contribution in [2.24, 2.45) is 0 Å². The van der Waals surface area contributed by atoms with Gasteiger partial charge in [0.15, 0.2) is 0 Å². The molecule has 0 radical (unpaired) electrons. The van der Waals surface area contributed by atoms with E-state index in [0.717, 1.165) is 35.3 Å². The SMILES string of the molecule is O=C(O)c1ccc(C(=O)Nc2sc3c(c2C(=O)NCCc2ccccc2)C2=CCCC23)cc1. The first kappa shape index (κ1) is 21.2. The molecule has 1 heterocycles. The molecule has 166 valence electrons. The quantitative estimate of drug-likeness (QED) is 0.467. The third-order valence-corrected chi connectivity index (χ3v) is 7.34. The van der Waals surface area contributed by atoms with E-state index >= 15 is 0 Å². The Hall–Kier alpha value is -3.71. The van der Waals surface area contributed by atoms with Gasteiger partial charge in [0.2, 0.25) is 0 Å². The topological polar surface area (TPSA) is 95.5 Å². The van der Waals surface area contributed by atoms with E-state index in [-0.39, 0.29) is 17.4 Å². The van der Waals surface area contributed by atoms with Crippen LogP contribution in [0.5, 0.6) is 0 Å². The van der Waals surface area contributed by atoms with Gasteiger partial charge in [0.1, 0.15) is 5.00 Å². The number of nitrogens with one attached hydrogen (secondary N) is 2. The van der Waals surface area contributed by atoms with Gasteiger partial charge in [-0.25, -0.2) is 4.79 Å². The van der Waals surface area contributed by atoms with Crippen LogP contribution in [0, 0.1) is 0 Å². The van der Waals surface area contributed by atoms with Gasteiger partial charge in [-0.15, -0.1) is 11.3 Å². The molecule has 0 saturated carbocycles. The minimum Gasteiger partial charge on any atom is -0.478 e. The van der Waals surface area contributed by atoms with Crippen LogP contribution in [0.1, 0.15) is 65.8 Å². The third-order valence-electron chi connectivity index (χ3n) is 6.13. The Bertz CT molecular complexity index is 1280. The highest BCUT2D eigenvalue weighted by Gasteiger charge is 2.42. The van der Waals surface area contributed by atoms with Crippen molar-refractivity contribution >= 4 is 39.7 Å². The molecule has 5 rings (SSSR count). The van der Waals surface area contributed by atoms with Gasteiger partial charge >= 0.3 is 5.97 Å². The van der Waals surface area contributed by atoms with E-state index in [4.69, 9.17) is 5.11 Å². The van der Waals surface area contributed by atoms with E-state index in [9.17, 15) is 14.4 Å². The number of carbonyl (C=O) groups excluding carboxylic acids is 2. The van der Waals surface area contributed by atoms with Gasteiger partial charge in [-0.2, -0.15) is 0 Å². The average Bonchev–Trinajstić information content (AvgIpc) is 3.38. The Morgan fingerprint density at radius 1 is 0.970 bits per heavy atom. The van der Waals surface area contributed by atoms with E-state index in [2.05, 4.69) is 16.7 Å². The lowest BCUT2D eigenvalue weighted by Gasteiger charge is -2.26. The summed E-state index contributed by atoms with van der Waals surface area (Å²) in [4.78, 5) is 38.3. The number of thiophene rings is 1. The molecule has 3 aromatic rings. The zero-order valence-electron chi connectivity index (χ0n) is 17.8. The van der Waals surface area contributed by atoms with Crippen molar-refractivity contribution in [1.82, 2.24) is 5.32 Å². The molecule has 6 nitrogen and oxygen atoms in total. The molecule has 3 N–H and O–H groups in total. The molecular weight excluding hydrogens is 436 g/mol. The van der Waals surface area contributed by atoms with Gasteiger partial charge in [-0.1, -0.05) is 36.4 Å². The van der Waals surface area contributed by atoms with Crippen molar-refractivity contribution in [2.75, 3.05) is 11.9 Å². The Morgan fingerprint density at radius 3 is 2.42 bits per heavy atom. The number of anilines is 1. The number of rotatable bonds is 7. The minimum absolute atomic E-state index is 0.114. The van der Waals surface area contributed by atoms with Gasteiger partial charge in [-0.05, 0) is 54.7 Å². The van der Waals surface area contributed by atoms with Crippen molar-refractivity contribution < 1.29 is 19.5 Å². The molecule has 2 aromatic carbocycles. The molecule has 2 aliphatic rings. The molecule has 0 bridgehead atoms. The number of benzene rings is 2. The Labute approximate surface area is 195 Å². The van der Waals surface area contributed by atoms with Crippen LogP contribution in [0.15, 0.2) is 60.7 Å². The normalized spacial score (nSPS) is 15.6. The molecule has 1 aromatic heterocycles. The molecule has 0 aliphatic heterocycles. The van der Waals surface area contributed by atoms with Crippen LogP contribution in [-0.2, 0) is 6.42 Å². The molecule has 1 unspecified atom stereocenters. The number of amides is 2. The largest absolute Gasteiger partial charge is 0.478 e. The number of aromatic carboxylic acids is 1. The monoisotopic (exact) mass is 458 g/mol. The lowest BCUT2D eigenvalue weighted by atomic mass is 9.79. The molecular formula is C26H22N2O4S. The standard InChI is InChI=1S/C26H22N2O4S/c29-23(16-9-11-17(12-10-16)26(31)32)28-25-21(20-18-7-4-8-19(18)22(20)33-25)24(30)27-14-13-15-5-2-1-3-6-15/h1-3,5-7,9-12,19H,4,8,13-14H2,(H,27,30)(H,28,29)(H,31,32). The first-order chi connectivity index (χ1) is 16.0. The highest BCUT2D eigenvalue weighted by atomic mass is 32.1. The Kier molecular flexibility index (Phi) is 5.56. The van der Waals surface area contributed by atoms with Crippen molar-refractivity contribution in [3.63, 3.8) is 0 Å². The van der Waals surface area contributed by atoms with Crippen molar-refractivity contribution in [2.45, 2.75) is 25.2 Å². The maximum atomic E-state index is 13.2. The minimum atomic E-state index is -1.05. The fourth-order valence-electron chi connectivity index (χ4n) is 4.45. The molecule has 2 amide bonds. The Morgan fingerprint density at radius 2 is 1.70 bits per heavy atom. The second-order valence-corrected chi connectivity index (χ2v) is 9.22. The Balaban J connectivity index is 1.37. The lowest BCUT2D eigenvalue weighted by Crippen LogP contribution is -2.28. The van der Waals surface area contributed by atoms with E-state index in [0.29, 0.717) is 28.6 Å². The molecule has 2 aliphatic carbocycles. The van der Waals surface area contributed by atoms with Crippen molar-refractivity contribution in [1.29, 1.82) is 0 Å². The predicted molar refractivity (Wildman–Crippen MR) is 128 cm³/mol. The van der Waals surface area contributed by atoms with E-state index in [1.807, 2.05) is 30.3 Å². The van der Waals surface area contributed by atoms with E-state index in [1.54, 1.807) is 0 Å². The first-order valence-electron chi connectivity index (χ1n) is 10.9. The van der Waals surface area contributed by atoms with Crippen LogP contribution in [0.4, 0.5) is 5.00 Å². The highest BCUT2D eigenvalue weighted by Crippen LogP contribution is 2.59. The average molecular weight is 459 g/mol. The summed E-state index contributed by atoms with van der Waals surface area (Å²) in [5, 5.41) is 15.5.